The molecule has 0 aliphatic heterocycles. The van der Waals surface area contributed by atoms with Crippen molar-refractivity contribution >= 4 is 17.7 Å². The Bertz CT molecular complexity index is 515. The van der Waals surface area contributed by atoms with E-state index in [1.807, 2.05) is 13.8 Å². The van der Waals surface area contributed by atoms with Crippen LogP contribution >= 0.6 is 11.8 Å². The van der Waals surface area contributed by atoms with Crippen LogP contribution in [0.3, 0.4) is 0 Å². The number of aryl methyl sites for hydroxylation is 1. The number of halogens is 1. The van der Waals surface area contributed by atoms with Crippen LogP contribution in [0.1, 0.15) is 12.7 Å². The van der Waals surface area contributed by atoms with Crippen LogP contribution in [0.2, 0.25) is 0 Å². The van der Waals surface area contributed by atoms with Crippen molar-refractivity contribution < 1.29 is 8.81 Å². The normalized spacial score (nSPS) is 10.5. The number of furan rings is 1. The highest BCUT2D eigenvalue weighted by Gasteiger charge is 2.11. The molecule has 0 fully saturated rings. The number of nitrogens with zero attached hydrogens (tertiary/aromatic N) is 2. The van der Waals surface area contributed by atoms with Gasteiger partial charge in [0.15, 0.2) is 5.82 Å². The SMILES string of the molecule is CCNc1ncc(F)c(Sc2ccoc2C)n1. The van der Waals surface area contributed by atoms with Gasteiger partial charge in [0.2, 0.25) is 5.95 Å². The third-order valence-electron chi connectivity index (χ3n) is 2.06. The highest BCUT2D eigenvalue weighted by molar-refractivity contribution is 7.99. The molecule has 0 saturated heterocycles. The second-order valence-electron chi connectivity index (χ2n) is 3.32. The maximum Gasteiger partial charge on any atom is 0.223 e. The van der Waals surface area contributed by atoms with Gasteiger partial charge in [-0.1, -0.05) is 11.8 Å². The summed E-state index contributed by atoms with van der Waals surface area (Å²) in [4.78, 5) is 8.80. The van der Waals surface area contributed by atoms with E-state index in [9.17, 15) is 4.39 Å². The van der Waals surface area contributed by atoms with Crippen molar-refractivity contribution in [3.05, 3.63) is 30.1 Å². The van der Waals surface area contributed by atoms with Crippen molar-refractivity contribution in [2.75, 3.05) is 11.9 Å². The lowest BCUT2D eigenvalue weighted by Crippen LogP contribution is -2.03. The number of rotatable bonds is 4. The number of hydrogen-bond donors (Lipinski definition) is 1. The predicted molar refractivity (Wildman–Crippen MR) is 63.7 cm³/mol. The van der Waals surface area contributed by atoms with Gasteiger partial charge in [-0.15, -0.1) is 0 Å². The van der Waals surface area contributed by atoms with E-state index in [2.05, 4.69) is 15.3 Å². The summed E-state index contributed by atoms with van der Waals surface area (Å²) < 4.78 is 18.7. The molecule has 2 aromatic heterocycles. The van der Waals surface area contributed by atoms with Crippen LogP contribution < -0.4 is 5.32 Å². The summed E-state index contributed by atoms with van der Waals surface area (Å²) >= 11 is 1.23. The van der Waals surface area contributed by atoms with Gasteiger partial charge in [-0.25, -0.2) is 14.4 Å². The van der Waals surface area contributed by atoms with Gasteiger partial charge in [-0.2, -0.15) is 0 Å². The Hall–Kier alpha value is -1.56. The van der Waals surface area contributed by atoms with Gasteiger partial charge in [-0.05, 0) is 19.9 Å². The lowest BCUT2D eigenvalue weighted by molar-refractivity contribution is 0.526. The van der Waals surface area contributed by atoms with Crippen LogP contribution in [-0.2, 0) is 0 Å². The van der Waals surface area contributed by atoms with Crippen LogP contribution in [0.15, 0.2) is 32.9 Å². The Morgan fingerprint density at radius 2 is 2.35 bits per heavy atom. The molecule has 17 heavy (non-hydrogen) atoms. The van der Waals surface area contributed by atoms with E-state index in [1.54, 1.807) is 12.3 Å². The fourth-order valence-corrected chi connectivity index (χ4v) is 2.06. The van der Waals surface area contributed by atoms with E-state index in [-0.39, 0.29) is 0 Å². The third-order valence-corrected chi connectivity index (χ3v) is 3.19. The van der Waals surface area contributed by atoms with Crippen molar-refractivity contribution in [1.82, 2.24) is 9.97 Å². The van der Waals surface area contributed by atoms with Crippen molar-refractivity contribution in [2.45, 2.75) is 23.8 Å². The molecule has 2 aromatic rings. The molecule has 1 N–H and O–H groups in total. The quantitative estimate of drug-likeness (QED) is 0.848. The van der Waals surface area contributed by atoms with E-state index >= 15 is 0 Å². The Morgan fingerprint density at radius 1 is 1.53 bits per heavy atom. The monoisotopic (exact) mass is 253 g/mol. The number of hydrogen-bond acceptors (Lipinski definition) is 5. The van der Waals surface area contributed by atoms with E-state index in [1.165, 1.54) is 18.0 Å². The lowest BCUT2D eigenvalue weighted by atomic mass is 10.5. The van der Waals surface area contributed by atoms with Gasteiger partial charge < -0.3 is 9.73 Å². The lowest BCUT2D eigenvalue weighted by Gasteiger charge is -2.04. The van der Waals surface area contributed by atoms with Gasteiger partial charge >= 0.3 is 0 Å². The topological polar surface area (TPSA) is 51.0 Å². The fraction of sp³-hybridized carbons (Fsp3) is 0.273. The maximum atomic E-state index is 13.5. The predicted octanol–water partition coefficient (Wildman–Crippen LogP) is 3.10. The van der Waals surface area contributed by atoms with E-state index in [0.29, 0.717) is 17.5 Å². The van der Waals surface area contributed by atoms with E-state index in [0.717, 1.165) is 10.7 Å². The van der Waals surface area contributed by atoms with Crippen molar-refractivity contribution in [3.63, 3.8) is 0 Å². The second-order valence-corrected chi connectivity index (χ2v) is 4.35. The standard InChI is InChI=1S/C11H12FN3OS/c1-3-13-11-14-6-8(12)10(15-11)17-9-4-5-16-7(9)2/h4-6H,3H2,1-2H3,(H,13,14,15). The summed E-state index contributed by atoms with van der Waals surface area (Å²) in [6.45, 7) is 4.45. The molecule has 0 radical (unpaired) electrons. The molecule has 0 atom stereocenters. The molecule has 0 amide bonds. The molecule has 0 aliphatic carbocycles. The molecule has 4 nitrogen and oxygen atoms in total. The second kappa shape index (κ2) is 5.18. The molecule has 0 spiro atoms. The van der Waals surface area contributed by atoms with Crippen LogP contribution in [0.4, 0.5) is 10.3 Å². The molecule has 6 heteroatoms. The molecule has 0 unspecified atom stereocenters. The summed E-state index contributed by atoms with van der Waals surface area (Å²) in [7, 11) is 0. The molecule has 0 saturated carbocycles. The first-order valence-electron chi connectivity index (χ1n) is 5.19. The fourth-order valence-electron chi connectivity index (χ4n) is 1.25. The van der Waals surface area contributed by atoms with Crippen molar-refractivity contribution in [1.29, 1.82) is 0 Å². The highest BCUT2D eigenvalue weighted by Crippen LogP contribution is 2.31. The Morgan fingerprint density at radius 3 is 3.00 bits per heavy atom. The van der Waals surface area contributed by atoms with Gasteiger partial charge in [0, 0.05) is 6.54 Å². The summed E-state index contributed by atoms with van der Waals surface area (Å²) in [6, 6.07) is 1.79. The summed E-state index contributed by atoms with van der Waals surface area (Å²) in [5.74, 6) is 0.743. The van der Waals surface area contributed by atoms with Gasteiger partial charge in [-0.3, -0.25) is 0 Å². The van der Waals surface area contributed by atoms with Crippen molar-refractivity contribution in [3.8, 4) is 0 Å². The maximum absolute atomic E-state index is 13.5. The summed E-state index contributed by atoms with van der Waals surface area (Å²) in [6.07, 6.45) is 2.74. The van der Waals surface area contributed by atoms with E-state index in [4.69, 9.17) is 4.42 Å². The average Bonchev–Trinajstić information content (AvgIpc) is 2.70. The first-order chi connectivity index (χ1) is 8.20. The minimum absolute atomic E-state index is 0.292. The third kappa shape index (κ3) is 2.76. The van der Waals surface area contributed by atoms with Gasteiger partial charge in [0.25, 0.3) is 0 Å². The zero-order chi connectivity index (χ0) is 12.3. The number of nitrogens with one attached hydrogen (secondary N) is 1. The molecule has 2 rings (SSSR count). The summed E-state index contributed by atoms with van der Waals surface area (Å²) in [5.41, 5.74) is 0. The van der Waals surface area contributed by atoms with Crippen LogP contribution in [0.5, 0.6) is 0 Å². The summed E-state index contributed by atoms with van der Waals surface area (Å²) in [5, 5.41) is 3.24. The molecule has 0 bridgehead atoms. The van der Waals surface area contributed by atoms with Crippen LogP contribution in [0, 0.1) is 12.7 Å². The minimum atomic E-state index is -0.433. The zero-order valence-corrected chi connectivity index (χ0v) is 10.3. The molecule has 0 aromatic carbocycles. The molecular weight excluding hydrogens is 241 g/mol. The Balaban J connectivity index is 2.25. The van der Waals surface area contributed by atoms with Crippen molar-refractivity contribution in [2.24, 2.45) is 0 Å². The average molecular weight is 253 g/mol. The van der Waals surface area contributed by atoms with Crippen LogP contribution in [-0.4, -0.2) is 16.5 Å². The number of aromatic nitrogens is 2. The Kier molecular flexibility index (Phi) is 3.63. The molecule has 90 valence electrons. The minimum Gasteiger partial charge on any atom is -0.468 e. The Labute approximate surface area is 103 Å². The zero-order valence-electron chi connectivity index (χ0n) is 9.53. The molecule has 2 heterocycles. The first kappa shape index (κ1) is 11.9. The van der Waals surface area contributed by atoms with Gasteiger partial charge in [0.05, 0.1) is 17.4 Å². The smallest absolute Gasteiger partial charge is 0.223 e. The first-order valence-corrected chi connectivity index (χ1v) is 6.00. The van der Waals surface area contributed by atoms with Crippen LogP contribution in [0.25, 0.3) is 0 Å². The van der Waals surface area contributed by atoms with Gasteiger partial charge in [0.1, 0.15) is 10.8 Å². The molecule has 0 aliphatic rings. The number of anilines is 1. The molecular formula is C11H12FN3OS. The highest BCUT2D eigenvalue weighted by atomic mass is 32.2. The largest absolute Gasteiger partial charge is 0.468 e. The van der Waals surface area contributed by atoms with E-state index < -0.39 is 5.82 Å².